The average Bonchev–Trinajstić information content (AvgIpc) is 3.19. The minimum atomic E-state index is -0.310. The lowest BCUT2D eigenvalue weighted by Gasteiger charge is -2.18. The summed E-state index contributed by atoms with van der Waals surface area (Å²) in [4.78, 5) is 23.9. The van der Waals surface area contributed by atoms with Crippen LogP contribution in [0.4, 0.5) is 0 Å². The quantitative estimate of drug-likeness (QED) is 0.561. The largest absolute Gasteiger partial charge is 0.424 e. The Labute approximate surface area is 115 Å². The van der Waals surface area contributed by atoms with E-state index in [2.05, 4.69) is 12.2 Å². The van der Waals surface area contributed by atoms with E-state index in [4.69, 9.17) is 14.2 Å². The van der Waals surface area contributed by atoms with Gasteiger partial charge < -0.3 is 14.2 Å². The van der Waals surface area contributed by atoms with Crippen LogP contribution >= 0.6 is 0 Å². The van der Waals surface area contributed by atoms with E-state index in [-0.39, 0.29) is 36.0 Å². The predicted octanol–water partition coefficient (Wildman–Crippen LogP) is 1.30. The van der Waals surface area contributed by atoms with Crippen molar-refractivity contribution >= 4 is 11.9 Å². The van der Waals surface area contributed by atoms with Crippen LogP contribution in [0.2, 0.25) is 0 Å². The zero-order chi connectivity index (χ0) is 13.4. The van der Waals surface area contributed by atoms with E-state index < -0.39 is 0 Å². The van der Waals surface area contributed by atoms with Crippen molar-refractivity contribution in [1.29, 1.82) is 0 Å². The average molecular weight is 274 g/mol. The van der Waals surface area contributed by atoms with Gasteiger partial charge >= 0.3 is 11.9 Å². The van der Waals surface area contributed by atoms with Crippen LogP contribution in [0, 0.1) is 23.7 Å². The summed E-state index contributed by atoms with van der Waals surface area (Å²) >= 11 is 0. The van der Waals surface area contributed by atoms with Gasteiger partial charge in [0.25, 0.3) is 0 Å². The third-order valence-corrected chi connectivity index (χ3v) is 5.24. The van der Waals surface area contributed by atoms with Crippen LogP contribution in [-0.4, -0.2) is 24.1 Å². The van der Waals surface area contributed by atoms with Crippen molar-refractivity contribution in [3.63, 3.8) is 0 Å². The second-order valence-electron chi connectivity index (χ2n) is 6.34. The summed E-state index contributed by atoms with van der Waals surface area (Å²) in [5.74, 6) is 1.06. The van der Waals surface area contributed by atoms with Gasteiger partial charge in [0.2, 0.25) is 0 Å². The molecule has 20 heavy (non-hydrogen) atoms. The molecule has 1 saturated carbocycles. The van der Waals surface area contributed by atoms with Crippen molar-refractivity contribution in [1.82, 2.24) is 0 Å². The number of allylic oxidation sites excluding steroid dienone is 2. The summed E-state index contributed by atoms with van der Waals surface area (Å²) in [5, 5.41) is 0. The van der Waals surface area contributed by atoms with Gasteiger partial charge in [-0.05, 0) is 31.1 Å². The van der Waals surface area contributed by atoms with Gasteiger partial charge in [0.05, 0.1) is 11.8 Å². The highest BCUT2D eigenvalue weighted by molar-refractivity contribution is 5.81. The highest BCUT2D eigenvalue weighted by atomic mass is 16.6. The lowest BCUT2D eigenvalue weighted by Crippen LogP contribution is -2.25. The molecule has 0 N–H and O–H groups in total. The van der Waals surface area contributed by atoms with Gasteiger partial charge in [0, 0.05) is 0 Å². The van der Waals surface area contributed by atoms with Crippen LogP contribution in [0.1, 0.15) is 19.3 Å². The van der Waals surface area contributed by atoms with Gasteiger partial charge in [-0.15, -0.1) is 0 Å². The summed E-state index contributed by atoms with van der Waals surface area (Å²) in [6.07, 6.45) is 6.25. The molecule has 4 bridgehead atoms. The van der Waals surface area contributed by atoms with E-state index in [1.54, 1.807) is 0 Å². The van der Waals surface area contributed by atoms with E-state index >= 15 is 0 Å². The molecule has 104 valence electrons. The van der Waals surface area contributed by atoms with Crippen molar-refractivity contribution in [2.45, 2.75) is 31.5 Å². The maximum Gasteiger partial charge on any atom is 0.317 e. The van der Waals surface area contributed by atoms with Crippen LogP contribution in [0.3, 0.4) is 0 Å². The molecular formula is C15H14O5. The number of hydrogen-bond acceptors (Lipinski definition) is 5. The second-order valence-corrected chi connectivity index (χ2v) is 6.34. The topological polar surface area (TPSA) is 61.8 Å². The van der Waals surface area contributed by atoms with Gasteiger partial charge in [-0.3, -0.25) is 9.59 Å². The molecule has 0 spiro atoms. The molecule has 6 atom stereocenters. The smallest absolute Gasteiger partial charge is 0.317 e. The second kappa shape index (κ2) is 3.52. The number of esters is 2. The first-order valence-electron chi connectivity index (χ1n) is 7.22. The third kappa shape index (κ3) is 1.26. The molecule has 3 fully saturated rings. The molecule has 0 aromatic heterocycles. The number of hydrogen-bond donors (Lipinski definition) is 0. The van der Waals surface area contributed by atoms with E-state index in [0.717, 1.165) is 12.8 Å². The van der Waals surface area contributed by atoms with Gasteiger partial charge in [-0.25, -0.2) is 0 Å². The molecule has 5 nitrogen and oxygen atoms in total. The summed E-state index contributed by atoms with van der Waals surface area (Å²) < 4.78 is 16.4. The van der Waals surface area contributed by atoms with Crippen molar-refractivity contribution in [3.05, 3.63) is 23.7 Å². The Balaban J connectivity index is 1.39. The van der Waals surface area contributed by atoms with Crippen LogP contribution in [-0.2, 0) is 23.8 Å². The van der Waals surface area contributed by atoms with Crippen LogP contribution in [0.5, 0.6) is 0 Å². The lowest BCUT2D eigenvalue weighted by molar-refractivity contribution is -0.147. The van der Waals surface area contributed by atoms with E-state index in [1.165, 1.54) is 0 Å². The number of carbonyl (C=O) groups excluding carboxylic acids is 2. The zero-order valence-corrected chi connectivity index (χ0v) is 10.8. The van der Waals surface area contributed by atoms with Crippen LogP contribution in [0.25, 0.3) is 0 Å². The summed E-state index contributed by atoms with van der Waals surface area (Å²) in [5.41, 5.74) is 0. The maximum atomic E-state index is 12.3. The molecule has 5 heteroatoms. The molecule has 0 aromatic rings. The van der Waals surface area contributed by atoms with Gasteiger partial charge in [-0.1, -0.05) is 12.2 Å². The van der Waals surface area contributed by atoms with E-state index in [1.807, 2.05) is 0 Å². The number of fused-ring (bicyclic) bond motifs is 3. The minimum Gasteiger partial charge on any atom is -0.424 e. The van der Waals surface area contributed by atoms with Crippen LogP contribution < -0.4 is 0 Å². The third-order valence-electron chi connectivity index (χ3n) is 5.24. The fraction of sp³-hybridized carbons (Fsp3) is 0.600. The van der Waals surface area contributed by atoms with Crippen molar-refractivity contribution in [3.8, 4) is 0 Å². The first kappa shape index (κ1) is 11.1. The molecule has 0 radical (unpaired) electrons. The molecule has 0 amide bonds. The van der Waals surface area contributed by atoms with Crippen LogP contribution in [0.15, 0.2) is 23.7 Å². The van der Waals surface area contributed by atoms with E-state index in [9.17, 15) is 9.59 Å². The molecule has 6 unspecified atom stereocenters. The molecule has 3 heterocycles. The van der Waals surface area contributed by atoms with Crippen molar-refractivity contribution < 1.29 is 23.8 Å². The Bertz CT molecular complexity index is 589. The Kier molecular flexibility index (Phi) is 1.95. The predicted molar refractivity (Wildman–Crippen MR) is 64.8 cm³/mol. The summed E-state index contributed by atoms with van der Waals surface area (Å²) in [6.45, 7) is 0. The highest BCUT2D eigenvalue weighted by Gasteiger charge is 2.59. The normalized spacial score (nSPS) is 46.5. The Hall–Kier alpha value is -1.62. The first-order valence-corrected chi connectivity index (χ1v) is 7.22. The maximum absolute atomic E-state index is 12.3. The molecule has 2 saturated heterocycles. The van der Waals surface area contributed by atoms with E-state index in [0.29, 0.717) is 29.8 Å². The fourth-order valence-corrected chi connectivity index (χ4v) is 4.26. The molecule has 3 aliphatic heterocycles. The minimum absolute atomic E-state index is 0.0508. The molecule has 5 rings (SSSR count). The Morgan fingerprint density at radius 2 is 2.15 bits per heavy atom. The Morgan fingerprint density at radius 1 is 1.25 bits per heavy atom. The van der Waals surface area contributed by atoms with Crippen molar-refractivity contribution in [2.24, 2.45) is 23.7 Å². The lowest BCUT2D eigenvalue weighted by atomic mass is 9.93. The number of rotatable bonds is 2. The molecule has 0 aromatic carbocycles. The fourth-order valence-electron chi connectivity index (χ4n) is 4.26. The molecular weight excluding hydrogens is 260 g/mol. The highest BCUT2D eigenvalue weighted by Crippen LogP contribution is 2.50. The zero-order valence-electron chi connectivity index (χ0n) is 10.8. The standard InChI is InChI=1S/C15H14O5/c16-14(8-4-6-1-2-7(8)3-6)19-12-10-5-9-11(18-10)13(12)20-15(9)17/h1-2,6-11H,3-5H2. The Morgan fingerprint density at radius 3 is 2.90 bits per heavy atom. The number of carbonyl (C=O) groups is 2. The summed E-state index contributed by atoms with van der Waals surface area (Å²) in [7, 11) is 0. The first-order chi connectivity index (χ1) is 9.70. The summed E-state index contributed by atoms with van der Waals surface area (Å²) in [6, 6.07) is 0. The molecule has 5 aliphatic rings. The van der Waals surface area contributed by atoms with Crippen molar-refractivity contribution in [2.75, 3.05) is 0 Å². The van der Waals surface area contributed by atoms with Gasteiger partial charge in [0.1, 0.15) is 12.2 Å². The number of ether oxygens (including phenoxy) is 3. The SMILES string of the molecule is O=C(OC1=C2OC(=O)C3CC1OC23)C1CC2C=CC1C2. The molecule has 2 aliphatic carbocycles. The van der Waals surface area contributed by atoms with Gasteiger partial charge in [-0.2, -0.15) is 0 Å². The van der Waals surface area contributed by atoms with Gasteiger partial charge in [0.15, 0.2) is 11.5 Å². The monoisotopic (exact) mass is 274 g/mol.